The highest BCUT2D eigenvalue weighted by Gasteiger charge is 2.44. The zero-order valence-corrected chi connectivity index (χ0v) is 29.1. The molecular formula is C32H58N5O5PS. The highest BCUT2D eigenvalue weighted by Crippen LogP contribution is 2.60. The van der Waals surface area contributed by atoms with Gasteiger partial charge in [-0.15, -0.1) is 0 Å². The van der Waals surface area contributed by atoms with E-state index in [1.54, 1.807) is 23.7 Å². The van der Waals surface area contributed by atoms with Crippen molar-refractivity contribution >= 4 is 34.6 Å². The molecule has 0 spiro atoms. The molecule has 0 saturated heterocycles. The van der Waals surface area contributed by atoms with Crippen molar-refractivity contribution in [3.8, 4) is 0 Å². The predicted molar refractivity (Wildman–Crippen MR) is 181 cm³/mol. The first-order valence-electron chi connectivity index (χ1n) is 16.9. The van der Waals surface area contributed by atoms with Crippen molar-refractivity contribution in [2.24, 2.45) is 11.8 Å². The molecule has 0 radical (unpaired) electrons. The SMILES string of the molecule is C[C@H](Cn1cnc2c(N)ncnc21)OCP(=O)(O)OCCCOCCCCCCCCCCCS(C)(C)C1CC2CCC1C2. The number of rotatable bonds is 23. The molecule has 252 valence electrons. The molecule has 0 amide bonds. The predicted octanol–water partition coefficient (Wildman–Crippen LogP) is 7.14. The van der Waals surface area contributed by atoms with E-state index in [2.05, 4.69) is 27.5 Å². The summed E-state index contributed by atoms with van der Waals surface area (Å²) in [5, 5.41) is 1.08. The average molecular weight is 656 g/mol. The Labute approximate surface area is 266 Å². The molecule has 2 aromatic rings. The molecule has 4 unspecified atom stereocenters. The Kier molecular flexibility index (Phi) is 14.3. The first-order chi connectivity index (χ1) is 21.1. The molecule has 0 aromatic carbocycles. The number of ether oxygens (including phenoxy) is 2. The van der Waals surface area contributed by atoms with E-state index in [9.17, 15) is 9.46 Å². The van der Waals surface area contributed by atoms with Gasteiger partial charge in [0.2, 0.25) is 0 Å². The van der Waals surface area contributed by atoms with Crippen LogP contribution in [0, 0.1) is 11.8 Å². The first-order valence-corrected chi connectivity index (χ1v) is 21.4. The van der Waals surface area contributed by atoms with Crippen molar-refractivity contribution in [1.82, 2.24) is 19.5 Å². The minimum atomic E-state index is -3.84. The smallest absolute Gasteiger partial charge is 0.353 e. The van der Waals surface area contributed by atoms with Gasteiger partial charge in [0.15, 0.2) is 11.5 Å². The number of aromatic nitrogens is 4. The van der Waals surface area contributed by atoms with Gasteiger partial charge in [-0.2, -0.15) is 0 Å². The lowest BCUT2D eigenvalue weighted by molar-refractivity contribution is 0.0688. The summed E-state index contributed by atoms with van der Waals surface area (Å²) in [6.45, 7) is 3.64. The molecule has 2 aromatic heterocycles. The Balaban J connectivity index is 0.907. The van der Waals surface area contributed by atoms with Crippen LogP contribution >= 0.6 is 17.6 Å². The Hall–Kier alpha value is -1.23. The number of nitrogens with two attached hydrogens (primary N) is 1. The fourth-order valence-corrected chi connectivity index (χ4v) is 11.4. The summed E-state index contributed by atoms with van der Waals surface area (Å²) in [6, 6.07) is 0. The van der Waals surface area contributed by atoms with Gasteiger partial charge >= 0.3 is 7.60 Å². The minimum absolute atomic E-state index is 0.161. The van der Waals surface area contributed by atoms with Gasteiger partial charge in [0.05, 0.1) is 25.6 Å². The number of hydrogen-bond donors (Lipinski definition) is 2. The number of nitrogens with zero attached hydrogens (tertiary/aromatic N) is 4. The Morgan fingerprint density at radius 2 is 1.68 bits per heavy atom. The summed E-state index contributed by atoms with van der Waals surface area (Å²) in [5.74, 6) is 3.97. The number of imidazole rings is 1. The van der Waals surface area contributed by atoms with Gasteiger partial charge in [-0.05, 0) is 80.8 Å². The molecule has 2 saturated carbocycles. The molecule has 2 aliphatic carbocycles. The lowest BCUT2D eigenvalue weighted by Gasteiger charge is -2.42. The average Bonchev–Trinajstić information content (AvgIpc) is 3.73. The Morgan fingerprint density at radius 1 is 0.977 bits per heavy atom. The maximum atomic E-state index is 12.3. The zero-order valence-electron chi connectivity index (χ0n) is 27.4. The lowest BCUT2D eigenvalue weighted by atomic mass is 10.0. The molecule has 2 heterocycles. The van der Waals surface area contributed by atoms with E-state index in [-0.39, 0.29) is 19.1 Å². The largest absolute Gasteiger partial charge is 0.382 e. The first kappa shape index (κ1) is 35.6. The van der Waals surface area contributed by atoms with Crippen LogP contribution in [0.2, 0.25) is 0 Å². The van der Waals surface area contributed by atoms with Crippen molar-refractivity contribution in [3.63, 3.8) is 0 Å². The van der Waals surface area contributed by atoms with Crippen LogP contribution in [0.15, 0.2) is 12.7 Å². The topological polar surface area (TPSA) is 135 Å². The van der Waals surface area contributed by atoms with Crippen LogP contribution in [0.1, 0.15) is 96.8 Å². The summed E-state index contributed by atoms with van der Waals surface area (Å²) in [5.41, 5.74) is 6.94. The minimum Gasteiger partial charge on any atom is -0.382 e. The van der Waals surface area contributed by atoms with E-state index >= 15 is 0 Å². The molecule has 10 nitrogen and oxygen atoms in total. The number of unbranched alkanes of at least 4 members (excludes halogenated alkanes) is 8. The second-order valence-corrected chi connectivity index (χ2v) is 19.6. The summed E-state index contributed by atoms with van der Waals surface area (Å²) < 4.78 is 30.6. The van der Waals surface area contributed by atoms with Crippen molar-refractivity contribution in [2.45, 2.75) is 115 Å². The van der Waals surface area contributed by atoms with Crippen molar-refractivity contribution in [1.29, 1.82) is 0 Å². The normalized spacial score (nSPS) is 22.5. The fourth-order valence-electron chi connectivity index (χ4n) is 7.13. The summed E-state index contributed by atoms with van der Waals surface area (Å²) >= 11 is 0. The molecule has 12 heteroatoms. The molecular weight excluding hydrogens is 597 g/mol. The van der Waals surface area contributed by atoms with Crippen LogP contribution in [-0.2, 0) is 25.1 Å². The highest BCUT2D eigenvalue weighted by atomic mass is 32.3. The van der Waals surface area contributed by atoms with E-state index in [0.717, 1.165) is 30.1 Å². The molecule has 2 fully saturated rings. The molecule has 2 aliphatic rings. The van der Waals surface area contributed by atoms with Crippen molar-refractivity contribution in [2.75, 3.05) is 50.2 Å². The Morgan fingerprint density at radius 3 is 2.39 bits per heavy atom. The third kappa shape index (κ3) is 11.2. The van der Waals surface area contributed by atoms with E-state index < -0.39 is 17.6 Å². The zero-order chi connectivity index (χ0) is 31.4. The summed E-state index contributed by atoms with van der Waals surface area (Å²) in [7, 11) is -4.23. The van der Waals surface area contributed by atoms with Crippen LogP contribution in [-0.4, -0.2) is 80.2 Å². The summed E-state index contributed by atoms with van der Waals surface area (Å²) in [4.78, 5) is 22.5. The second kappa shape index (κ2) is 17.6. The van der Waals surface area contributed by atoms with E-state index in [1.165, 1.54) is 76.3 Å². The molecule has 5 atom stereocenters. The summed E-state index contributed by atoms with van der Waals surface area (Å²) in [6.07, 6.45) is 26.1. The maximum absolute atomic E-state index is 12.3. The number of fused-ring (bicyclic) bond motifs is 3. The van der Waals surface area contributed by atoms with Gasteiger partial charge in [0.25, 0.3) is 0 Å². The second-order valence-electron chi connectivity index (χ2n) is 13.6. The van der Waals surface area contributed by atoms with Crippen LogP contribution < -0.4 is 5.73 Å². The molecule has 3 N–H and O–H groups in total. The third-order valence-corrected chi connectivity index (χ3v) is 14.2. The number of anilines is 1. The quantitative estimate of drug-likeness (QED) is 0.0946. The fraction of sp³-hybridized carbons (Fsp3) is 0.844. The third-order valence-electron chi connectivity index (χ3n) is 9.58. The number of nitrogen functional groups attached to an aromatic ring is 1. The van der Waals surface area contributed by atoms with Gasteiger partial charge in [-0.1, -0.05) is 51.4 Å². The van der Waals surface area contributed by atoms with E-state index in [4.69, 9.17) is 19.7 Å². The highest BCUT2D eigenvalue weighted by molar-refractivity contribution is 8.33. The number of hydrogen-bond acceptors (Lipinski definition) is 8. The van der Waals surface area contributed by atoms with Gasteiger partial charge in [0.1, 0.15) is 18.2 Å². The van der Waals surface area contributed by atoms with E-state index in [0.29, 0.717) is 36.6 Å². The monoisotopic (exact) mass is 655 g/mol. The van der Waals surface area contributed by atoms with Gasteiger partial charge in [0, 0.05) is 13.2 Å². The Bertz CT molecular complexity index is 1180. The molecule has 0 aliphatic heterocycles. The van der Waals surface area contributed by atoms with Crippen LogP contribution in [0.3, 0.4) is 0 Å². The van der Waals surface area contributed by atoms with Gasteiger partial charge in [-0.25, -0.2) is 25.0 Å². The van der Waals surface area contributed by atoms with Crippen molar-refractivity contribution < 1.29 is 23.5 Å². The van der Waals surface area contributed by atoms with Gasteiger partial charge in [-0.3, -0.25) is 4.57 Å². The van der Waals surface area contributed by atoms with E-state index in [1.807, 2.05) is 6.92 Å². The molecule has 2 bridgehead atoms. The lowest BCUT2D eigenvalue weighted by Crippen LogP contribution is -2.25. The van der Waals surface area contributed by atoms with Gasteiger partial charge < -0.3 is 29.2 Å². The van der Waals surface area contributed by atoms with Crippen LogP contribution in [0.5, 0.6) is 0 Å². The van der Waals surface area contributed by atoms with Crippen molar-refractivity contribution in [3.05, 3.63) is 12.7 Å². The molecule has 44 heavy (non-hydrogen) atoms. The standard InChI is InChI=1S/C32H58N5O5PS/c1-26(22-37-24-36-30-31(33)34-23-35-32(30)37)41-25-43(38,39)42-18-13-17-40-16-11-9-7-5-4-6-8-10-12-19-44(2,3)29-21-27-14-15-28(29)20-27/h23-24,26-29H,4-22,25H2,1-3H3,(H,38,39)(H2,33,34,35)/t26-,27?,28?,29?/m1/s1. The molecule has 4 rings (SSSR count). The maximum Gasteiger partial charge on any atom is 0.353 e. The van der Waals surface area contributed by atoms with Crippen LogP contribution in [0.25, 0.3) is 11.2 Å². The van der Waals surface area contributed by atoms with Crippen LogP contribution in [0.4, 0.5) is 5.82 Å².